The number of nitrogens with one attached hydrogen (secondary N) is 1. The molecule has 5 heteroatoms. The zero-order chi connectivity index (χ0) is 13.6. The highest BCUT2D eigenvalue weighted by Gasteiger charge is 2.23. The van der Waals surface area contributed by atoms with E-state index < -0.39 is 0 Å². The number of hydrogen-bond donors (Lipinski definition) is 1. The summed E-state index contributed by atoms with van der Waals surface area (Å²) in [5, 5.41) is 2.75. The second kappa shape index (κ2) is 4.35. The maximum Gasteiger partial charge on any atom is 0.228 e. The van der Waals surface area contributed by atoms with Gasteiger partial charge in [-0.1, -0.05) is 0 Å². The molecule has 1 N–H and O–H groups in total. The molecule has 1 amide bonds. The third-order valence-electron chi connectivity index (χ3n) is 3.17. The highest BCUT2D eigenvalue weighted by molar-refractivity contribution is 9.10. The quantitative estimate of drug-likeness (QED) is 0.865. The second-order valence-electron chi connectivity index (χ2n) is 4.43. The number of rotatable bonds is 2. The predicted molar refractivity (Wildman–Crippen MR) is 73.4 cm³/mol. The van der Waals surface area contributed by atoms with E-state index in [0.717, 1.165) is 11.3 Å². The molecule has 4 nitrogen and oxygen atoms in total. The lowest BCUT2D eigenvalue weighted by Gasteiger charge is -2.06. The number of furan rings is 1. The molecule has 1 aromatic carbocycles. The molecule has 3 rings (SSSR count). The zero-order valence-corrected chi connectivity index (χ0v) is 11.7. The lowest BCUT2D eigenvalue weighted by molar-refractivity contribution is -0.115. The highest BCUT2D eigenvalue weighted by atomic mass is 79.9. The van der Waals surface area contributed by atoms with Crippen LogP contribution in [0.25, 0.3) is 0 Å². The first-order chi connectivity index (χ1) is 9.06. The fraction of sp³-hybridized carbons (Fsp3) is 0.143. The molecule has 96 valence electrons. The fourth-order valence-corrected chi connectivity index (χ4v) is 2.71. The monoisotopic (exact) mass is 319 g/mol. The average molecular weight is 320 g/mol. The Balaban J connectivity index is 2.07. The lowest BCUT2D eigenvalue weighted by atomic mass is 10.0. The molecule has 1 aromatic heterocycles. The SMILES string of the molecule is Cc1occc1C(=O)c1cc2c(cc1Br)NC(=O)C2. The van der Waals surface area contributed by atoms with Gasteiger partial charge in [0.1, 0.15) is 5.76 Å². The van der Waals surface area contributed by atoms with Crippen LogP contribution in [-0.4, -0.2) is 11.7 Å². The fourth-order valence-electron chi connectivity index (χ4n) is 2.19. The Morgan fingerprint density at radius 2 is 2.16 bits per heavy atom. The topological polar surface area (TPSA) is 59.3 Å². The summed E-state index contributed by atoms with van der Waals surface area (Å²) in [6.07, 6.45) is 1.81. The molecule has 0 radical (unpaired) electrons. The summed E-state index contributed by atoms with van der Waals surface area (Å²) >= 11 is 3.38. The van der Waals surface area contributed by atoms with Crippen LogP contribution in [0.3, 0.4) is 0 Å². The smallest absolute Gasteiger partial charge is 0.228 e. The van der Waals surface area contributed by atoms with Crippen LogP contribution in [0.1, 0.15) is 27.2 Å². The molecule has 1 aliphatic heterocycles. The maximum atomic E-state index is 12.4. The van der Waals surface area contributed by atoms with Crippen molar-refractivity contribution in [3.05, 3.63) is 51.4 Å². The van der Waals surface area contributed by atoms with Gasteiger partial charge in [0.15, 0.2) is 5.78 Å². The van der Waals surface area contributed by atoms with E-state index in [1.807, 2.05) is 0 Å². The molecule has 0 saturated carbocycles. The summed E-state index contributed by atoms with van der Waals surface area (Å²) in [6.45, 7) is 1.75. The minimum atomic E-state index is -0.111. The van der Waals surface area contributed by atoms with Crippen molar-refractivity contribution < 1.29 is 14.0 Å². The van der Waals surface area contributed by atoms with Gasteiger partial charge in [-0.05, 0) is 46.6 Å². The number of carbonyl (C=O) groups is 2. The van der Waals surface area contributed by atoms with Crippen LogP contribution in [0, 0.1) is 6.92 Å². The largest absolute Gasteiger partial charge is 0.469 e. The standard InChI is InChI=1S/C14H10BrNO3/c1-7-9(2-3-19-7)14(18)10-4-8-5-13(17)16-12(8)6-11(10)15/h2-4,6H,5H2,1H3,(H,16,17). The minimum absolute atomic E-state index is 0.0500. The predicted octanol–water partition coefficient (Wildman–Crippen LogP) is 3.08. The van der Waals surface area contributed by atoms with Gasteiger partial charge in [-0.3, -0.25) is 9.59 Å². The second-order valence-corrected chi connectivity index (χ2v) is 5.29. The average Bonchev–Trinajstić information content (AvgIpc) is 2.92. The van der Waals surface area contributed by atoms with Crippen LogP contribution in [0.2, 0.25) is 0 Å². The van der Waals surface area contributed by atoms with E-state index in [0.29, 0.717) is 27.8 Å². The number of ketones is 1. The van der Waals surface area contributed by atoms with Gasteiger partial charge in [0.25, 0.3) is 0 Å². The van der Waals surface area contributed by atoms with Gasteiger partial charge < -0.3 is 9.73 Å². The zero-order valence-electron chi connectivity index (χ0n) is 10.1. The normalized spacial score (nSPS) is 13.3. The van der Waals surface area contributed by atoms with Gasteiger partial charge in [0, 0.05) is 15.7 Å². The summed E-state index contributed by atoms with van der Waals surface area (Å²) in [7, 11) is 0. The Labute approximate surface area is 117 Å². The van der Waals surface area contributed by atoms with Crippen LogP contribution in [0.15, 0.2) is 33.4 Å². The Kier molecular flexibility index (Phi) is 2.78. The summed E-state index contributed by atoms with van der Waals surface area (Å²) < 4.78 is 5.82. The first-order valence-electron chi connectivity index (χ1n) is 5.77. The first kappa shape index (κ1) is 12.2. The number of amides is 1. The number of anilines is 1. The van der Waals surface area contributed by atoms with Crippen molar-refractivity contribution in [1.82, 2.24) is 0 Å². The van der Waals surface area contributed by atoms with Crippen molar-refractivity contribution in [3.8, 4) is 0 Å². The molecule has 2 heterocycles. The molecule has 0 unspecified atom stereocenters. The van der Waals surface area contributed by atoms with Crippen molar-refractivity contribution in [3.63, 3.8) is 0 Å². The Morgan fingerprint density at radius 1 is 1.37 bits per heavy atom. The van der Waals surface area contributed by atoms with E-state index in [1.165, 1.54) is 6.26 Å². The van der Waals surface area contributed by atoms with E-state index in [2.05, 4.69) is 21.2 Å². The van der Waals surface area contributed by atoms with Crippen molar-refractivity contribution in [2.75, 3.05) is 5.32 Å². The van der Waals surface area contributed by atoms with E-state index in [4.69, 9.17) is 4.42 Å². The number of benzene rings is 1. The van der Waals surface area contributed by atoms with Crippen LogP contribution in [0.4, 0.5) is 5.69 Å². The number of hydrogen-bond acceptors (Lipinski definition) is 3. The van der Waals surface area contributed by atoms with Crippen LogP contribution >= 0.6 is 15.9 Å². The maximum absolute atomic E-state index is 12.4. The summed E-state index contributed by atoms with van der Waals surface area (Å²) in [5.74, 6) is 0.429. The molecule has 2 aromatic rings. The summed E-state index contributed by atoms with van der Waals surface area (Å²) in [5.41, 5.74) is 2.69. The molecule has 0 atom stereocenters. The van der Waals surface area contributed by atoms with Gasteiger partial charge in [-0.2, -0.15) is 0 Å². The van der Waals surface area contributed by atoms with Crippen LogP contribution in [0.5, 0.6) is 0 Å². The van der Waals surface area contributed by atoms with E-state index in [9.17, 15) is 9.59 Å². The molecule has 0 fully saturated rings. The first-order valence-corrected chi connectivity index (χ1v) is 6.56. The van der Waals surface area contributed by atoms with Crippen LogP contribution in [-0.2, 0) is 11.2 Å². The molecule has 0 aliphatic carbocycles. The third kappa shape index (κ3) is 2.00. The molecule has 0 bridgehead atoms. The Bertz CT molecular complexity index is 703. The molecule has 1 aliphatic rings. The molecular formula is C14H10BrNO3. The third-order valence-corrected chi connectivity index (χ3v) is 3.82. The molecular weight excluding hydrogens is 310 g/mol. The van der Waals surface area contributed by atoms with Crippen molar-refractivity contribution in [2.24, 2.45) is 0 Å². The highest BCUT2D eigenvalue weighted by Crippen LogP contribution is 2.31. The van der Waals surface area contributed by atoms with Gasteiger partial charge in [-0.25, -0.2) is 0 Å². The minimum Gasteiger partial charge on any atom is -0.469 e. The number of carbonyl (C=O) groups excluding carboxylic acids is 2. The molecule has 0 spiro atoms. The van der Waals surface area contributed by atoms with E-state index in [-0.39, 0.29) is 11.7 Å². The van der Waals surface area contributed by atoms with Gasteiger partial charge in [0.05, 0.1) is 18.2 Å². The number of halogens is 1. The van der Waals surface area contributed by atoms with Crippen molar-refractivity contribution in [2.45, 2.75) is 13.3 Å². The number of aryl methyl sites for hydroxylation is 1. The van der Waals surface area contributed by atoms with Gasteiger partial charge in [-0.15, -0.1) is 0 Å². The molecule has 19 heavy (non-hydrogen) atoms. The van der Waals surface area contributed by atoms with Gasteiger partial charge in [0.2, 0.25) is 5.91 Å². The summed E-state index contributed by atoms with van der Waals surface area (Å²) in [4.78, 5) is 23.8. The van der Waals surface area contributed by atoms with Gasteiger partial charge >= 0.3 is 0 Å². The Hall–Kier alpha value is -1.88. The lowest BCUT2D eigenvalue weighted by Crippen LogP contribution is -2.03. The van der Waals surface area contributed by atoms with Crippen molar-refractivity contribution in [1.29, 1.82) is 0 Å². The number of fused-ring (bicyclic) bond motifs is 1. The Morgan fingerprint density at radius 3 is 2.84 bits per heavy atom. The van der Waals surface area contributed by atoms with E-state index >= 15 is 0 Å². The van der Waals surface area contributed by atoms with Crippen LogP contribution < -0.4 is 5.32 Å². The molecule has 0 saturated heterocycles. The summed E-state index contributed by atoms with van der Waals surface area (Å²) in [6, 6.07) is 5.18. The van der Waals surface area contributed by atoms with Crippen molar-refractivity contribution >= 4 is 33.3 Å². The van der Waals surface area contributed by atoms with E-state index in [1.54, 1.807) is 25.1 Å².